The van der Waals surface area contributed by atoms with Gasteiger partial charge in [-0.3, -0.25) is 0 Å². The van der Waals surface area contributed by atoms with Crippen molar-refractivity contribution in [2.75, 3.05) is 18.1 Å². The van der Waals surface area contributed by atoms with Crippen LogP contribution in [0.15, 0.2) is 29.2 Å². The van der Waals surface area contributed by atoms with Gasteiger partial charge in [0.15, 0.2) is 9.84 Å². The summed E-state index contributed by atoms with van der Waals surface area (Å²) in [4.78, 5) is 0.245. The Morgan fingerprint density at radius 1 is 1.17 bits per heavy atom. The fourth-order valence-corrected chi connectivity index (χ4v) is 6.37. The molecule has 1 aromatic rings. The molecule has 0 aromatic heterocycles. The number of sulfone groups is 1. The summed E-state index contributed by atoms with van der Waals surface area (Å²) in [6.45, 7) is 4.38. The van der Waals surface area contributed by atoms with Crippen molar-refractivity contribution in [3.05, 3.63) is 29.8 Å². The van der Waals surface area contributed by atoms with Gasteiger partial charge in [-0.2, -0.15) is 4.31 Å². The lowest BCUT2D eigenvalue weighted by atomic mass is 10.2. The number of rotatable bonds is 7. The summed E-state index contributed by atoms with van der Waals surface area (Å²) in [7, 11) is -6.79. The quantitative estimate of drug-likeness (QED) is 0.748. The fourth-order valence-electron chi connectivity index (χ4n) is 2.85. The Morgan fingerprint density at radius 3 is 2.30 bits per heavy atom. The van der Waals surface area contributed by atoms with Crippen molar-refractivity contribution in [1.82, 2.24) is 4.31 Å². The summed E-state index contributed by atoms with van der Waals surface area (Å²) in [5.74, 6) is 0.00751. The predicted molar refractivity (Wildman–Crippen MR) is 91.7 cm³/mol. The molecule has 7 heteroatoms. The highest BCUT2D eigenvalue weighted by molar-refractivity contribution is 7.92. The first-order valence-electron chi connectivity index (χ1n) is 8.11. The highest BCUT2D eigenvalue weighted by Crippen LogP contribution is 2.25. The lowest BCUT2D eigenvalue weighted by molar-refractivity contribution is 0.335. The van der Waals surface area contributed by atoms with E-state index in [0.29, 0.717) is 13.0 Å². The SMILES string of the molecule is CCCCN([C@@H]1CCS(=O)(=O)C1)S(=O)(=O)c1ccc(CC)cc1. The van der Waals surface area contributed by atoms with E-state index in [1.165, 1.54) is 4.31 Å². The zero-order valence-corrected chi connectivity index (χ0v) is 15.4. The van der Waals surface area contributed by atoms with Gasteiger partial charge < -0.3 is 0 Å². The molecule has 1 aliphatic heterocycles. The second-order valence-electron chi connectivity index (χ2n) is 6.02. The molecule has 0 radical (unpaired) electrons. The number of hydrogen-bond acceptors (Lipinski definition) is 4. The van der Waals surface area contributed by atoms with Crippen LogP contribution in [-0.2, 0) is 26.3 Å². The molecular formula is C16H25NO4S2. The normalized spacial score (nSPS) is 20.9. The van der Waals surface area contributed by atoms with Crippen molar-refractivity contribution in [2.24, 2.45) is 0 Å². The number of benzene rings is 1. The van der Waals surface area contributed by atoms with E-state index in [4.69, 9.17) is 0 Å². The zero-order valence-electron chi connectivity index (χ0n) is 13.7. The van der Waals surface area contributed by atoms with Crippen LogP contribution in [-0.4, -0.2) is 45.2 Å². The number of hydrogen-bond donors (Lipinski definition) is 0. The molecule has 1 heterocycles. The molecule has 1 aliphatic rings. The van der Waals surface area contributed by atoms with Gasteiger partial charge in [0.2, 0.25) is 10.0 Å². The standard InChI is InChI=1S/C16H25NO4S2/c1-3-5-11-17(15-10-12-22(18,19)13-15)23(20,21)16-8-6-14(4-2)7-9-16/h6-9,15H,3-5,10-13H2,1-2H3/t15-/m1/s1. The number of unbranched alkanes of at least 4 members (excludes halogenated alkanes) is 1. The van der Waals surface area contributed by atoms with Gasteiger partial charge in [0.25, 0.3) is 0 Å². The van der Waals surface area contributed by atoms with Crippen LogP contribution in [0.2, 0.25) is 0 Å². The van der Waals surface area contributed by atoms with E-state index in [0.717, 1.165) is 24.8 Å². The summed E-state index contributed by atoms with van der Waals surface area (Å²) in [5.41, 5.74) is 1.08. The Hall–Kier alpha value is -0.920. The maximum atomic E-state index is 13.0. The Balaban J connectivity index is 2.32. The predicted octanol–water partition coefficient (Wildman–Crippen LogP) is 2.23. The molecule has 0 saturated carbocycles. The van der Waals surface area contributed by atoms with E-state index < -0.39 is 25.9 Å². The van der Waals surface area contributed by atoms with Crippen LogP contribution in [0.5, 0.6) is 0 Å². The molecule has 1 saturated heterocycles. The average molecular weight is 360 g/mol. The summed E-state index contributed by atoms with van der Waals surface area (Å²) in [6, 6.07) is 6.43. The molecule has 1 aromatic carbocycles. The average Bonchev–Trinajstić information content (AvgIpc) is 2.87. The minimum atomic E-state index is -3.66. The molecule has 2 rings (SSSR count). The van der Waals surface area contributed by atoms with Crippen LogP contribution in [0, 0.1) is 0 Å². The maximum Gasteiger partial charge on any atom is 0.243 e. The van der Waals surface area contributed by atoms with Gasteiger partial charge in [-0.25, -0.2) is 16.8 Å². The Bertz CT molecular complexity index is 724. The van der Waals surface area contributed by atoms with Gasteiger partial charge in [-0.15, -0.1) is 0 Å². The largest absolute Gasteiger partial charge is 0.243 e. The molecule has 0 bridgehead atoms. The van der Waals surface area contributed by atoms with Crippen molar-refractivity contribution < 1.29 is 16.8 Å². The van der Waals surface area contributed by atoms with Crippen LogP contribution in [0.25, 0.3) is 0 Å². The first-order chi connectivity index (χ1) is 10.8. The lowest BCUT2D eigenvalue weighted by Gasteiger charge is -2.27. The van der Waals surface area contributed by atoms with E-state index in [-0.39, 0.29) is 16.4 Å². The van der Waals surface area contributed by atoms with Crippen LogP contribution in [0.1, 0.15) is 38.7 Å². The highest BCUT2D eigenvalue weighted by Gasteiger charge is 2.38. The summed E-state index contributed by atoms with van der Waals surface area (Å²) >= 11 is 0. The van der Waals surface area contributed by atoms with Gasteiger partial charge in [0.1, 0.15) is 0 Å². The first kappa shape index (κ1) is 18.4. The molecule has 1 atom stereocenters. The van der Waals surface area contributed by atoms with Gasteiger partial charge >= 0.3 is 0 Å². The van der Waals surface area contributed by atoms with Gasteiger partial charge in [0.05, 0.1) is 16.4 Å². The third-order valence-corrected chi connectivity index (χ3v) is 8.00. The number of sulfonamides is 1. The second kappa shape index (κ2) is 7.32. The second-order valence-corrected chi connectivity index (χ2v) is 10.1. The Labute approximate surface area is 139 Å². The van der Waals surface area contributed by atoms with E-state index in [9.17, 15) is 16.8 Å². The van der Waals surface area contributed by atoms with Crippen molar-refractivity contribution in [1.29, 1.82) is 0 Å². The molecule has 5 nitrogen and oxygen atoms in total. The van der Waals surface area contributed by atoms with E-state index >= 15 is 0 Å². The van der Waals surface area contributed by atoms with Gasteiger partial charge in [-0.1, -0.05) is 32.4 Å². The van der Waals surface area contributed by atoms with Crippen LogP contribution >= 0.6 is 0 Å². The molecule has 0 spiro atoms. The first-order valence-corrected chi connectivity index (χ1v) is 11.4. The Morgan fingerprint density at radius 2 is 1.83 bits per heavy atom. The minimum Gasteiger partial charge on any atom is -0.229 e. The molecule has 130 valence electrons. The topological polar surface area (TPSA) is 71.5 Å². The lowest BCUT2D eigenvalue weighted by Crippen LogP contribution is -2.41. The number of aryl methyl sites for hydroxylation is 1. The molecule has 0 amide bonds. The maximum absolute atomic E-state index is 13.0. The highest BCUT2D eigenvalue weighted by atomic mass is 32.2. The van der Waals surface area contributed by atoms with Crippen LogP contribution in [0.3, 0.4) is 0 Å². The molecule has 0 N–H and O–H groups in total. The molecule has 0 aliphatic carbocycles. The zero-order chi connectivity index (χ0) is 17.1. The van der Waals surface area contributed by atoms with Crippen molar-refractivity contribution in [3.63, 3.8) is 0 Å². The van der Waals surface area contributed by atoms with E-state index in [1.807, 2.05) is 26.0 Å². The van der Waals surface area contributed by atoms with Crippen molar-refractivity contribution in [2.45, 2.75) is 50.5 Å². The smallest absolute Gasteiger partial charge is 0.229 e. The van der Waals surface area contributed by atoms with Gasteiger partial charge in [-0.05, 0) is 37.0 Å². The molecule has 23 heavy (non-hydrogen) atoms. The van der Waals surface area contributed by atoms with E-state index in [1.54, 1.807) is 12.1 Å². The van der Waals surface area contributed by atoms with Crippen LogP contribution in [0.4, 0.5) is 0 Å². The minimum absolute atomic E-state index is 0.0665. The van der Waals surface area contributed by atoms with Gasteiger partial charge in [0, 0.05) is 12.6 Å². The Kier molecular flexibility index (Phi) is 5.86. The summed E-state index contributed by atoms with van der Waals surface area (Å²) in [5, 5.41) is 0. The summed E-state index contributed by atoms with van der Waals surface area (Å²) < 4.78 is 50.8. The molecule has 0 unspecified atom stereocenters. The summed E-state index contributed by atoms with van der Waals surface area (Å²) in [6.07, 6.45) is 2.82. The third kappa shape index (κ3) is 4.33. The fraction of sp³-hybridized carbons (Fsp3) is 0.625. The molecular weight excluding hydrogens is 334 g/mol. The van der Waals surface area contributed by atoms with Crippen molar-refractivity contribution >= 4 is 19.9 Å². The monoisotopic (exact) mass is 359 g/mol. The van der Waals surface area contributed by atoms with Crippen molar-refractivity contribution in [3.8, 4) is 0 Å². The van der Waals surface area contributed by atoms with Crippen LogP contribution < -0.4 is 0 Å². The molecule has 1 fully saturated rings. The van der Waals surface area contributed by atoms with E-state index in [2.05, 4.69) is 0 Å². The third-order valence-electron chi connectivity index (χ3n) is 4.29. The number of nitrogens with zero attached hydrogens (tertiary/aromatic N) is 1.